The summed E-state index contributed by atoms with van der Waals surface area (Å²) in [4.78, 5) is 26.2. The van der Waals surface area contributed by atoms with Crippen molar-refractivity contribution in [3.63, 3.8) is 0 Å². The van der Waals surface area contributed by atoms with Gasteiger partial charge in [0.2, 0.25) is 5.91 Å². The van der Waals surface area contributed by atoms with Crippen LogP contribution < -0.4 is 10.6 Å². The molecule has 0 radical (unpaired) electrons. The minimum absolute atomic E-state index is 0.00949. The molecule has 1 aromatic carbocycles. The molecule has 1 heterocycles. The number of piperidine rings is 1. The van der Waals surface area contributed by atoms with Crippen LogP contribution in [0, 0.1) is 0 Å². The monoisotopic (exact) mass is 395 g/mol. The Hall–Kier alpha value is -1.40. The minimum Gasteiger partial charge on any atom is -0.356 e. The highest BCUT2D eigenvalue weighted by molar-refractivity contribution is 9.10. The van der Waals surface area contributed by atoms with Crippen LogP contribution in [0.15, 0.2) is 28.7 Å². The van der Waals surface area contributed by atoms with E-state index in [1.807, 2.05) is 12.1 Å². The van der Waals surface area contributed by atoms with E-state index in [1.165, 1.54) is 32.4 Å². The normalized spacial score (nSPS) is 15.0. The summed E-state index contributed by atoms with van der Waals surface area (Å²) in [5.41, 5.74) is 0.597. The highest BCUT2D eigenvalue weighted by atomic mass is 79.9. The Morgan fingerprint density at radius 1 is 1.00 bits per heavy atom. The van der Waals surface area contributed by atoms with Crippen molar-refractivity contribution in [1.82, 2.24) is 15.5 Å². The number of amides is 2. The zero-order chi connectivity index (χ0) is 17.2. The third kappa shape index (κ3) is 7.01. The Bertz CT molecular complexity index is 528. The number of carbonyl (C=O) groups is 2. The van der Waals surface area contributed by atoms with Gasteiger partial charge in [-0.05, 0) is 63.2 Å². The van der Waals surface area contributed by atoms with Gasteiger partial charge in [-0.3, -0.25) is 9.59 Å². The molecule has 1 aromatic rings. The first-order valence-corrected chi connectivity index (χ1v) is 9.47. The molecule has 1 aliphatic rings. The van der Waals surface area contributed by atoms with Gasteiger partial charge in [0.1, 0.15) is 0 Å². The van der Waals surface area contributed by atoms with Gasteiger partial charge in [-0.25, -0.2) is 0 Å². The summed E-state index contributed by atoms with van der Waals surface area (Å²) in [5.74, 6) is -0.162. The first-order valence-electron chi connectivity index (χ1n) is 8.68. The van der Waals surface area contributed by atoms with E-state index >= 15 is 0 Å². The fourth-order valence-corrected chi connectivity index (χ4v) is 3.06. The topological polar surface area (TPSA) is 61.4 Å². The van der Waals surface area contributed by atoms with E-state index < -0.39 is 0 Å². The molecule has 0 aromatic heterocycles. The third-order valence-electron chi connectivity index (χ3n) is 4.17. The summed E-state index contributed by atoms with van der Waals surface area (Å²) in [5, 5.41) is 5.69. The number of benzene rings is 1. The number of carbonyl (C=O) groups excluding carboxylic acids is 2. The standard InChI is InChI=1S/C18H26BrN3O2/c19-16-7-5-15(6-8-16)18(24)21-11-9-17(23)20-10-4-14-22-12-2-1-3-13-22/h5-8H,1-4,9-14H2,(H,20,23)(H,21,24). The second kappa shape index (κ2) is 10.5. The number of hydrogen-bond donors (Lipinski definition) is 2. The lowest BCUT2D eigenvalue weighted by atomic mass is 10.1. The molecule has 0 saturated carbocycles. The summed E-state index contributed by atoms with van der Waals surface area (Å²) in [6.07, 6.45) is 5.23. The Morgan fingerprint density at radius 3 is 2.42 bits per heavy atom. The Morgan fingerprint density at radius 2 is 1.71 bits per heavy atom. The second-order valence-corrected chi connectivity index (χ2v) is 7.03. The number of nitrogens with zero attached hydrogens (tertiary/aromatic N) is 1. The van der Waals surface area contributed by atoms with Crippen LogP contribution in [0.1, 0.15) is 42.5 Å². The van der Waals surface area contributed by atoms with Gasteiger partial charge in [-0.1, -0.05) is 22.4 Å². The van der Waals surface area contributed by atoms with Gasteiger partial charge >= 0.3 is 0 Å². The molecule has 1 saturated heterocycles. The molecule has 0 unspecified atom stereocenters. The lowest BCUT2D eigenvalue weighted by Gasteiger charge is -2.26. The molecular formula is C18H26BrN3O2. The second-order valence-electron chi connectivity index (χ2n) is 6.12. The van der Waals surface area contributed by atoms with E-state index in [0.29, 0.717) is 25.1 Å². The number of likely N-dealkylation sites (tertiary alicyclic amines) is 1. The van der Waals surface area contributed by atoms with Crippen LogP contribution in [0.3, 0.4) is 0 Å². The zero-order valence-corrected chi connectivity index (χ0v) is 15.6. The van der Waals surface area contributed by atoms with Crippen molar-refractivity contribution in [3.05, 3.63) is 34.3 Å². The van der Waals surface area contributed by atoms with Crippen LogP contribution >= 0.6 is 15.9 Å². The molecule has 5 nitrogen and oxygen atoms in total. The van der Waals surface area contributed by atoms with Crippen molar-refractivity contribution in [3.8, 4) is 0 Å². The van der Waals surface area contributed by atoms with Gasteiger partial charge in [-0.15, -0.1) is 0 Å². The maximum atomic E-state index is 11.9. The summed E-state index contributed by atoms with van der Waals surface area (Å²) in [7, 11) is 0. The van der Waals surface area contributed by atoms with Gasteiger partial charge in [0.15, 0.2) is 0 Å². The van der Waals surface area contributed by atoms with E-state index in [9.17, 15) is 9.59 Å². The Labute approximate surface area is 152 Å². The Kier molecular flexibility index (Phi) is 8.25. The summed E-state index contributed by atoms with van der Waals surface area (Å²) in [6.45, 7) is 4.50. The average Bonchev–Trinajstić information content (AvgIpc) is 2.60. The molecule has 1 aliphatic heterocycles. The van der Waals surface area contributed by atoms with Gasteiger partial charge < -0.3 is 15.5 Å². The zero-order valence-electron chi connectivity index (χ0n) is 14.0. The largest absolute Gasteiger partial charge is 0.356 e. The lowest BCUT2D eigenvalue weighted by Crippen LogP contribution is -2.34. The van der Waals surface area contributed by atoms with Gasteiger partial charge in [-0.2, -0.15) is 0 Å². The number of nitrogens with one attached hydrogen (secondary N) is 2. The quantitative estimate of drug-likeness (QED) is 0.664. The number of halogens is 1. The summed E-state index contributed by atoms with van der Waals surface area (Å²) >= 11 is 3.33. The highest BCUT2D eigenvalue weighted by Gasteiger charge is 2.09. The molecule has 0 aliphatic carbocycles. The first kappa shape index (κ1) is 18.9. The van der Waals surface area contributed by atoms with Crippen molar-refractivity contribution >= 4 is 27.7 Å². The van der Waals surface area contributed by atoms with E-state index in [1.54, 1.807) is 12.1 Å². The smallest absolute Gasteiger partial charge is 0.251 e. The van der Waals surface area contributed by atoms with E-state index in [4.69, 9.17) is 0 Å². The van der Waals surface area contributed by atoms with Crippen LogP contribution in [0.5, 0.6) is 0 Å². The van der Waals surface area contributed by atoms with E-state index in [0.717, 1.165) is 17.4 Å². The molecule has 0 bridgehead atoms. The van der Waals surface area contributed by atoms with Crippen LogP contribution in [-0.2, 0) is 4.79 Å². The maximum absolute atomic E-state index is 11.9. The third-order valence-corrected chi connectivity index (χ3v) is 4.69. The molecule has 2 amide bonds. The van der Waals surface area contributed by atoms with E-state index in [2.05, 4.69) is 31.5 Å². The molecule has 24 heavy (non-hydrogen) atoms. The fraction of sp³-hybridized carbons (Fsp3) is 0.556. The van der Waals surface area contributed by atoms with Crippen LogP contribution in [0.4, 0.5) is 0 Å². The molecule has 0 spiro atoms. The number of rotatable bonds is 8. The van der Waals surface area contributed by atoms with Crippen LogP contribution in [0.25, 0.3) is 0 Å². The van der Waals surface area contributed by atoms with Gasteiger partial charge in [0.25, 0.3) is 5.91 Å². The first-order chi connectivity index (χ1) is 11.6. The molecule has 6 heteroatoms. The van der Waals surface area contributed by atoms with Crippen molar-refractivity contribution < 1.29 is 9.59 Å². The predicted octanol–water partition coefficient (Wildman–Crippen LogP) is 2.56. The molecule has 2 N–H and O–H groups in total. The van der Waals surface area contributed by atoms with Crippen molar-refractivity contribution in [2.24, 2.45) is 0 Å². The maximum Gasteiger partial charge on any atom is 0.251 e. The van der Waals surface area contributed by atoms with Gasteiger partial charge in [0, 0.05) is 29.5 Å². The Balaban J connectivity index is 1.53. The van der Waals surface area contributed by atoms with Crippen molar-refractivity contribution in [1.29, 1.82) is 0 Å². The summed E-state index contributed by atoms with van der Waals surface area (Å²) < 4.78 is 0.933. The van der Waals surface area contributed by atoms with Crippen LogP contribution in [0.2, 0.25) is 0 Å². The average molecular weight is 396 g/mol. The molecule has 1 fully saturated rings. The molecule has 2 rings (SSSR count). The van der Waals surface area contributed by atoms with Crippen molar-refractivity contribution in [2.45, 2.75) is 32.1 Å². The minimum atomic E-state index is -0.152. The molecule has 132 valence electrons. The lowest BCUT2D eigenvalue weighted by molar-refractivity contribution is -0.120. The van der Waals surface area contributed by atoms with Gasteiger partial charge in [0.05, 0.1) is 0 Å². The van der Waals surface area contributed by atoms with E-state index in [-0.39, 0.29) is 11.8 Å². The van der Waals surface area contributed by atoms with Crippen molar-refractivity contribution in [2.75, 3.05) is 32.7 Å². The SMILES string of the molecule is O=C(CCNC(=O)c1ccc(Br)cc1)NCCCN1CCCCC1. The fourth-order valence-electron chi connectivity index (χ4n) is 2.79. The number of hydrogen-bond acceptors (Lipinski definition) is 3. The molecular weight excluding hydrogens is 370 g/mol. The molecule has 0 atom stereocenters. The predicted molar refractivity (Wildman–Crippen MR) is 99.0 cm³/mol. The van der Waals surface area contributed by atoms with Crippen LogP contribution in [-0.4, -0.2) is 49.4 Å². The summed E-state index contributed by atoms with van der Waals surface area (Å²) in [6, 6.07) is 7.15. The highest BCUT2D eigenvalue weighted by Crippen LogP contribution is 2.10.